The number of likely N-dealkylation sites (tertiary alicyclic amines) is 1. The molecule has 166 valence electrons. The number of aliphatic imine (C=N–C) groups is 1. The van der Waals surface area contributed by atoms with E-state index in [0.29, 0.717) is 29.7 Å². The Labute approximate surface area is 191 Å². The molecule has 1 saturated heterocycles. The quantitative estimate of drug-likeness (QED) is 0.316. The van der Waals surface area contributed by atoms with Crippen LogP contribution >= 0.6 is 24.0 Å². The van der Waals surface area contributed by atoms with E-state index in [2.05, 4.69) is 34.4 Å². The number of rotatable bonds is 7. The second-order valence-corrected chi connectivity index (χ2v) is 10.00. The van der Waals surface area contributed by atoms with Crippen LogP contribution in [0.5, 0.6) is 0 Å². The minimum Gasteiger partial charge on any atom is -0.355 e. The number of benzene rings is 1. The predicted octanol–water partition coefficient (Wildman–Crippen LogP) is 2.77. The number of sulfone groups is 1. The molecule has 1 aromatic rings. The van der Waals surface area contributed by atoms with Crippen molar-refractivity contribution in [2.45, 2.75) is 45.0 Å². The van der Waals surface area contributed by atoms with Crippen molar-refractivity contribution in [1.82, 2.24) is 15.5 Å². The second-order valence-electron chi connectivity index (χ2n) is 7.86. The summed E-state index contributed by atoms with van der Waals surface area (Å²) >= 11 is 0. The molecule has 29 heavy (non-hydrogen) atoms. The highest BCUT2D eigenvalue weighted by Crippen LogP contribution is 2.18. The largest absolute Gasteiger partial charge is 0.355 e. The molecule has 1 atom stereocenters. The van der Waals surface area contributed by atoms with E-state index in [4.69, 9.17) is 0 Å². The Morgan fingerprint density at radius 2 is 1.93 bits per heavy atom. The molecule has 0 radical (unpaired) electrons. The molecule has 6 nitrogen and oxygen atoms in total. The first kappa shape index (κ1) is 26.1. The van der Waals surface area contributed by atoms with Crippen LogP contribution < -0.4 is 10.6 Å². The highest BCUT2D eigenvalue weighted by Gasteiger charge is 2.20. The molecule has 1 aliphatic heterocycles. The summed E-state index contributed by atoms with van der Waals surface area (Å²) in [5, 5.41) is 6.48. The zero-order chi connectivity index (χ0) is 20.7. The van der Waals surface area contributed by atoms with Crippen LogP contribution in [-0.2, 0) is 22.1 Å². The van der Waals surface area contributed by atoms with Gasteiger partial charge in [-0.25, -0.2) is 12.8 Å². The van der Waals surface area contributed by atoms with Crippen LogP contribution in [0.3, 0.4) is 0 Å². The smallest absolute Gasteiger partial charge is 0.191 e. The molecule has 1 heterocycles. The fraction of sp³-hybridized carbons (Fsp3) is 0.650. The molecule has 1 aliphatic rings. The summed E-state index contributed by atoms with van der Waals surface area (Å²) in [5.41, 5.74) is 1.22. The average Bonchev–Trinajstić information content (AvgIpc) is 2.63. The van der Waals surface area contributed by atoms with Crippen molar-refractivity contribution < 1.29 is 12.8 Å². The lowest BCUT2D eigenvalue weighted by Gasteiger charge is -2.35. The predicted molar refractivity (Wildman–Crippen MR) is 128 cm³/mol. The summed E-state index contributed by atoms with van der Waals surface area (Å²) in [4.78, 5) is 6.71. The van der Waals surface area contributed by atoms with Gasteiger partial charge in [0.15, 0.2) is 15.8 Å². The molecule has 1 fully saturated rings. The Kier molecular flexibility index (Phi) is 10.8. The van der Waals surface area contributed by atoms with Gasteiger partial charge in [-0.1, -0.05) is 13.0 Å². The van der Waals surface area contributed by atoms with Crippen LogP contribution in [0.1, 0.15) is 37.8 Å². The van der Waals surface area contributed by atoms with Gasteiger partial charge in [0, 0.05) is 32.4 Å². The third-order valence-electron chi connectivity index (χ3n) is 5.26. The molecule has 1 unspecified atom stereocenters. The number of halogens is 2. The van der Waals surface area contributed by atoms with Gasteiger partial charge in [-0.05, 0) is 62.0 Å². The van der Waals surface area contributed by atoms with E-state index >= 15 is 0 Å². The van der Waals surface area contributed by atoms with Crippen LogP contribution in [0.2, 0.25) is 0 Å². The lowest BCUT2D eigenvalue weighted by atomic mass is 9.98. The summed E-state index contributed by atoms with van der Waals surface area (Å²) in [5.74, 6) is 0.927. The maximum atomic E-state index is 13.6. The molecule has 0 aromatic heterocycles. The van der Waals surface area contributed by atoms with Crippen LogP contribution in [0, 0.1) is 11.7 Å². The normalized spacial score (nSPS) is 17.5. The maximum Gasteiger partial charge on any atom is 0.191 e. The molecule has 0 bridgehead atoms. The van der Waals surface area contributed by atoms with E-state index in [-0.39, 0.29) is 35.5 Å². The van der Waals surface area contributed by atoms with Crippen LogP contribution in [0.15, 0.2) is 23.2 Å². The summed E-state index contributed by atoms with van der Waals surface area (Å²) in [6.07, 6.45) is 3.65. The topological polar surface area (TPSA) is 73.8 Å². The minimum absolute atomic E-state index is 0. The van der Waals surface area contributed by atoms with E-state index in [1.165, 1.54) is 37.3 Å². The summed E-state index contributed by atoms with van der Waals surface area (Å²) in [7, 11) is -1.51. The highest BCUT2D eigenvalue weighted by molar-refractivity contribution is 14.0. The molecule has 0 aliphatic carbocycles. The van der Waals surface area contributed by atoms with E-state index in [9.17, 15) is 12.8 Å². The molecule has 9 heteroatoms. The van der Waals surface area contributed by atoms with Crippen molar-refractivity contribution >= 4 is 39.8 Å². The SMILES string of the molecule is CN=C(NCc1cc(F)ccc1CS(C)(=O)=O)NCC(C)N1CCC(C)CC1.I. The van der Waals surface area contributed by atoms with Gasteiger partial charge in [0.05, 0.1) is 5.75 Å². The number of nitrogens with one attached hydrogen (secondary N) is 2. The Hall–Kier alpha value is -0.940. The zero-order valence-corrected chi connectivity index (χ0v) is 20.9. The Bertz CT molecular complexity index is 781. The van der Waals surface area contributed by atoms with Gasteiger partial charge >= 0.3 is 0 Å². The highest BCUT2D eigenvalue weighted by atomic mass is 127. The number of hydrogen-bond acceptors (Lipinski definition) is 4. The van der Waals surface area contributed by atoms with Crippen LogP contribution in [-0.4, -0.2) is 58.3 Å². The number of nitrogens with zero attached hydrogens (tertiary/aromatic N) is 2. The molecule has 0 spiro atoms. The lowest BCUT2D eigenvalue weighted by molar-refractivity contribution is 0.147. The molecule has 2 N–H and O–H groups in total. The van der Waals surface area contributed by atoms with Crippen molar-refractivity contribution in [1.29, 1.82) is 0 Å². The van der Waals surface area contributed by atoms with E-state index in [1.807, 2.05) is 0 Å². The van der Waals surface area contributed by atoms with Gasteiger partial charge in [0.25, 0.3) is 0 Å². The van der Waals surface area contributed by atoms with Crippen molar-refractivity contribution in [2.24, 2.45) is 10.9 Å². The number of piperidine rings is 1. The Morgan fingerprint density at radius 1 is 1.28 bits per heavy atom. The standard InChI is InChI=1S/C20H33FN4O2S.HI/c1-15-7-9-25(10-8-15)16(2)12-23-20(22-3)24-13-18-11-19(21)6-5-17(18)14-28(4,26)27;/h5-6,11,15-16H,7-10,12-14H2,1-4H3,(H2,22,23,24);1H. The summed E-state index contributed by atoms with van der Waals surface area (Å²) in [6.45, 7) is 7.80. The first-order valence-corrected chi connectivity index (χ1v) is 11.9. The molecule has 0 amide bonds. The van der Waals surface area contributed by atoms with E-state index in [1.54, 1.807) is 7.05 Å². The van der Waals surface area contributed by atoms with Crippen molar-refractivity contribution in [3.63, 3.8) is 0 Å². The first-order chi connectivity index (χ1) is 13.2. The van der Waals surface area contributed by atoms with Gasteiger partial charge in [0.2, 0.25) is 0 Å². The lowest BCUT2D eigenvalue weighted by Crippen LogP contribution is -2.48. The molecule has 0 saturated carbocycles. The van der Waals surface area contributed by atoms with Crippen molar-refractivity contribution in [2.75, 3.05) is 32.9 Å². The van der Waals surface area contributed by atoms with Crippen LogP contribution in [0.25, 0.3) is 0 Å². The van der Waals surface area contributed by atoms with Gasteiger partial charge in [-0.3, -0.25) is 9.89 Å². The van der Waals surface area contributed by atoms with Gasteiger partial charge in [0.1, 0.15) is 5.82 Å². The molecular weight excluding hydrogens is 506 g/mol. The van der Waals surface area contributed by atoms with Crippen molar-refractivity contribution in [3.05, 3.63) is 35.1 Å². The van der Waals surface area contributed by atoms with Gasteiger partial charge in [-0.15, -0.1) is 24.0 Å². The van der Waals surface area contributed by atoms with E-state index < -0.39 is 9.84 Å². The fourth-order valence-corrected chi connectivity index (χ4v) is 4.27. The maximum absolute atomic E-state index is 13.6. The third-order valence-corrected chi connectivity index (χ3v) is 6.10. The fourth-order valence-electron chi connectivity index (χ4n) is 3.42. The molecule has 2 rings (SSSR count). The number of hydrogen-bond donors (Lipinski definition) is 2. The zero-order valence-electron chi connectivity index (χ0n) is 17.7. The second kappa shape index (κ2) is 12.0. The van der Waals surface area contributed by atoms with Gasteiger partial charge < -0.3 is 10.6 Å². The monoisotopic (exact) mass is 540 g/mol. The van der Waals surface area contributed by atoms with Crippen LogP contribution in [0.4, 0.5) is 4.39 Å². The molecular formula is C20H34FIN4O2S. The molecule has 1 aromatic carbocycles. The number of guanidine groups is 1. The summed E-state index contributed by atoms with van der Waals surface area (Å²) in [6, 6.07) is 4.58. The first-order valence-electron chi connectivity index (χ1n) is 9.81. The average molecular weight is 540 g/mol. The van der Waals surface area contributed by atoms with Gasteiger partial charge in [-0.2, -0.15) is 0 Å². The minimum atomic E-state index is -3.20. The third kappa shape index (κ3) is 9.17. The van der Waals surface area contributed by atoms with E-state index in [0.717, 1.165) is 25.6 Å². The van der Waals surface area contributed by atoms with Crippen molar-refractivity contribution in [3.8, 4) is 0 Å². The summed E-state index contributed by atoms with van der Waals surface area (Å²) < 4.78 is 36.9. The Morgan fingerprint density at radius 3 is 2.52 bits per heavy atom. The Balaban J connectivity index is 0.00000420.